The summed E-state index contributed by atoms with van der Waals surface area (Å²) in [4.78, 5) is 9.36. The van der Waals surface area contributed by atoms with E-state index >= 15 is 0 Å². The van der Waals surface area contributed by atoms with Crippen molar-refractivity contribution in [2.75, 3.05) is 18.4 Å². The monoisotopic (exact) mass is 515 g/mol. The summed E-state index contributed by atoms with van der Waals surface area (Å²) < 4.78 is 2.21. The SMILES string of the molecule is Oc1ccc(CNc2ncc3cc(-c4c(Cl)cccc4Cl)n(CC4CCCNC4)c3n2)cc1Cl. The molecule has 1 aliphatic heterocycles. The average Bonchev–Trinajstić information content (AvgIpc) is 3.17. The first-order valence-corrected chi connectivity index (χ1v) is 12.4. The van der Waals surface area contributed by atoms with Crippen LogP contribution in [0, 0.1) is 5.92 Å². The number of benzene rings is 2. The average molecular weight is 517 g/mol. The minimum atomic E-state index is 0.0591. The van der Waals surface area contributed by atoms with Crippen LogP contribution in [0.25, 0.3) is 22.3 Å². The molecule has 6 nitrogen and oxygen atoms in total. The number of aromatic nitrogens is 3. The number of hydrogen-bond donors (Lipinski definition) is 3. The van der Waals surface area contributed by atoms with Gasteiger partial charge >= 0.3 is 0 Å². The Morgan fingerprint density at radius 2 is 1.91 bits per heavy atom. The van der Waals surface area contributed by atoms with Gasteiger partial charge in [-0.25, -0.2) is 4.98 Å². The molecular formula is C25H24Cl3N5O. The van der Waals surface area contributed by atoms with Gasteiger partial charge in [0.25, 0.3) is 0 Å². The first kappa shape index (κ1) is 23.2. The van der Waals surface area contributed by atoms with Gasteiger partial charge in [0, 0.05) is 30.2 Å². The Hall–Kier alpha value is -2.51. The van der Waals surface area contributed by atoms with Gasteiger partial charge in [-0.2, -0.15) is 4.98 Å². The van der Waals surface area contributed by atoms with Crippen LogP contribution in [0.2, 0.25) is 15.1 Å². The fraction of sp³-hybridized carbons (Fsp3) is 0.280. The number of aromatic hydroxyl groups is 1. The number of anilines is 1. The van der Waals surface area contributed by atoms with Crippen LogP contribution < -0.4 is 10.6 Å². The fourth-order valence-corrected chi connectivity index (χ4v) is 5.23. The van der Waals surface area contributed by atoms with Crippen molar-refractivity contribution in [3.05, 3.63) is 69.3 Å². The highest BCUT2D eigenvalue weighted by Crippen LogP contribution is 2.38. The lowest BCUT2D eigenvalue weighted by molar-refractivity contribution is 0.341. The molecule has 1 unspecified atom stereocenters. The number of piperidine rings is 1. The molecule has 0 saturated carbocycles. The predicted molar refractivity (Wildman–Crippen MR) is 139 cm³/mol. The Morgan fingerprint density at radius 1 is 1.09 bits per heavy atom. The number of fused-ring (bicyclic) bond motifs is 1. The molecule has 0 aliphatic carbocycles. The van der Waals surface area contributed by atoms with Crippen molar-refractivity contribution in [1.82, 2.24) is 19.9 Å². The van der Waals surface area contributed by atoms with E-state index in [1.807, 2.05) is 30.5 Å². The molecule has 4 aromatic rings. The molecule has 3 N–H and O–H groups in total. The van der Waals surface area contributed by atoms with Crippen molar-refractivity contribution in [3.63, 3.8) is 0 Å². The Bertz CT molecular complexity index is 1310. The third kappa shape index (κ3) is 4.82. The summed E-state index contributed by atoms with van der Waals surface area (Å²) >= 11 is 19.2. The summed E-state index contributed by atoms with van der Waals surface area (Å²) in [5.41, 5.74) is 3.49. The maximum Gasteiger partial charge on any atom is 0.224 e. The molecule has 9 heteroatoms. The van der Waals surface area contributed by atoms with Gasteiger partial charge in [-0.05, 0) is 67.7 Å². The molecule has 2 aromatic heterocycles. The molecule has 1 fully saturated rings. The zero-order chi connectivity index (χ0) is 23.7. The Morgan fingerprint density at radius 3 is 2.65 bits per heavy atom. The highest BCUT2D eigenvalue weighted by atomic mass is 35.5. The first-order chi connectivity index (χ1) is 16.5. The Balaban J connectivity index is 1.52. The van der Waals surface area contributed by atoms with Crippen molar-refractivity contribution >= 4 is 51.8 Å². The molecule has 0 radical (unpaired) electrons. The van der Waals surface area contributed by atoms with Gasteiger partial charge in [-0.1, -0.05) is 46.9 Å². The summed E-state index contributed by atoms with van der Waals surface area (Å²) in [5.74, 6) is 1.05. The van der Waals surface area contributed by atoms with Crippen LogP contribution in [0.4, 0.5) is 5.95 Å². The van der Waals surface area contributed by atoms with Crippen LogP contribution in [0.1, 0.15) is 18.4 Å². The minimum Gasteiger partial charge on any atom is -0.506 e. The molecule has 1 saturated heterocycles. The molecule has 0 bridgehead atoms. The zero-order valence-electron chi connectivity index (χ0n) is 18.4. The molecule has 5 rings (SSSR count). The maximum absolute atomic E-state index is 9.64. The molecule has 2 aromatic carbocycles. The third-order valence-electron chi connectivity index (χ3n) is 6.16. The van der Waals surface area contributed by atoms with Gasteiger partial charge < -0.3 is 20.3 Å². The predicted octanol–water partition coefficient (Wildman–Crippen LogP) is 6.38. The van der Waals surface area contributed by atoms with Crippen molar-refractivity contribution in [2.45, 2.75) is 25.9 Å². The fourth-order valence-electron chi connectivity index (χ4n) is 4.44. The van der Waals surface area contributed by atoms with Crippen molar-refractivity contribution in [1.29, 1.82) is 0 Å². The second kappa shape index (κ2) is 10.0. The van der Waals surface area contributed by atoms with Crippen LogP contribution in [0.3, 0.4) is 0 Å². The van der Waals surface area contributed by atoms with E-state index in [4.69, 9.17) is 39.8 Å². The van der Waals surface area contributed by atoms with E-state index in [1.165, 1.54) is 0 Å². The van der Waals surface area contributed by atoms with Crippen LogP contribution in [0.15, 0.2) is 48.7 Å². The molecule has 0 amide bonds. The van der Waals surface area contributed by atoms with E-state index in [0.29, 0.717) is 33.5 Å². The van der Waals surface area contributed by atoms with E-state index in [1.54, 1.807) is 12.1 Å². The summed E-state index contributed by atoms with van der Waals surface area (Å²) in [5, 5.41) is 18.9. The summed E-state index contributed by atoms with van der Waals surface area (Å²) in [6.45, 7) is 3.30. The van der Waals surface area contributed by atoms with E-state index in [0.717, 1.165) is 60.3 Å². The van der Waals surface area contributed by atoms with Gasteiger partial charge in [0.05, 0.1) is 20.8 Å². The van der Waals surface area contributed by atoms with Gasteiger partial charge in [-0.3, -0.25) is 0 Å². The number of halogens is 3. The van der Waals surface area contributed by atoms with E-state index in [2.05, 4.69) is 26.3 Å². The highest BCUT2D eigenvalue weighted by molar-refractivity contribution is 6.39. The first-order valence-electron chi connectivity index (χ1n) is 11.2. The van der Waals surface area contributed by atoms with E-state index in [9.17, 15) is 5.11 Å². The number of phenols is 1. The Kier molecular flexibility index (Phi) is 6.84. The second-order valence-corrected chi connectivity index (χ2v) is 9.78. The van der Waals surface area contributed by atoms with Crippen molar-refractivity contribution in [2.24, 2.45) is 5.92 Å². The number of phenolic OH excluding ortho intramolecular Hbond substituents is 1. The minimum absolute atomic E-state index is 0.0591. The highest BCUT2D eigenvalue weighted by Gasteiger charge is 2.21. The molecule has 176 valence electrons. The largest absolute Gasteiger partial charge is 0.506 e. The van der Waals surface area contributed by atoms with Gasteiger partial charge in [-0.15, -0.1) is 0 Å². The number of nitrogens with zero attached hydrogens (tertiary/aromatic N) is 3. The molecule has 1 atom stereocenters. The van der Waals surface area contributed by atoms with Crippen LogP contribution in [0.5, 0.6) is 5.75 Å². The van der Waals surface area contributed by atoms with Gasteiger partial charge in [0.1, 0.15) is 11.4 Å². The summed E-state index contributed by atoms with van der Waals surface area (Å²) in [7, 11) is 0. The quantitative estimate of drug-likeness (QED) is 0.277. The molecule has 0 spiro atoms. The zero-order valence-corrected chi connectivity index (χ0v) is 20.6. The van der Waals surface area contributed by atoms with Crippen LogP contribution >= 0.6 is 34.8 Å². The van der Waals surface area contributed by atoms with Gasteiger partial charge in [0.15, 0.2) is 0 Å². The molecular weight excluding hydrogens is 493 g/mol. The summed E-state index contributed by atoms with van der Waals surface area (Å²) in [6, 6.07) is 12.7. The standard InChI is InChI=1S/C25H24Cl3N5O/c26-18-4-1-5-19(27)23(18)21-10-17-13-31-25(30-12-15-6-7-22(34)20(28)9-15)32-24(17)33(21)14-16-3-2-8-29-11-16/h1,4-7,9-10,13,16,29,34H,2-3,8,11-12,14H2,(H,30,31,32). The smallest absolute Gasteiger partial charge is 0.224 e. The molecule has 34 heavy (non-hydrogen) atoms. The number of nitrogens with one attached hydrogen (secondary N) is 2. The molecule has 3 heterocycles. The lowest BCUT2D eigenvalue weighted by Gasteiger charge is -2.24. The third-order valence-corrected chi connectivity index (χ3v) is 7.09. The summed E-state index contributed by atoms with van der Waals surface area (Å²) in [6.07, 6.45) is 4.13. The van der Waals surface area contributed by atoms with Gasteiger partial charge in [0.2, 0.25) is 5.95 Å². The number of rotatable bonds is 6. The lowest BCUT2D eigenvalue weighted by Crippen LogP contribution is -2.32. The Labute approximate surface area is 212 Å². The topological polar surface area (TPSA) is 75.0 Å². The normalized spacial score (nSPS) is 16.1. The molecule has 1 aliphatic rings. The van der Waals surface area contributed by atoms with Crippen LogP contribution in [-0.4, -0.2) is 32.7 Å². The van der Waals surface area contributed by atoms with E-state index in [-0.39, 0.29) is 5.75 Å². The van der Waals surface area contributed by atoms with E-state index < -0.39 is 0 Å². The maximum atomic E-state index is 9.64. The van der Waals surface area contributed by atoms with Crippen LogP contribution in [-0.2, 0) is 13.1 Å². The lowest BCUT2D eigenvalue weighted by atomic mass is 9.99. The van der Waals surface area contributed by atoms with Crippen molar-refractivity contribution in [3.8, 4) is 17.0 Å². The van der Waals surface area contributed by atoms with Crippen molar-refractivity contribution < 1.29 is 5.11 Å². The number of hydrogen-bond acceptors (Lipinski definition) is 5. The second-order valence-electron chi connectivity index (χ2n) is 8.56.